The van der Waals surface area contributed by atoms with Crippen molar-refractivity contribution in [1.29, 1.82) is 0 Å². The molecule has 0 aliphatic heterocycles. The molecule has 17 heavy (non-hydrogen) atoms. The Balaban J connectivity index is 2.55. The number of rotatable bonds is 5. The molecule has 1 rings (SSSR count). The second-order valence-corrected chi connectivity index (χ2v) is 3.99. The number of hydrogen-bond donors (Lipinski definition) is 1. The van der Waals surface area contributed by atoms with E-state index in [1.54, 1.807) is 20.9 Å². The number of amides is 1. The number of hydrogen-bond acceptors (Lipinski definition) is 4. The zero-order valence-electron chi connectivity index (χ0n) is 10.1. The summed E-state index contributed by atoms with van der Waals surface area (Å²) in [6.07, 6.45) is 1.49. The Morgan fingerprint density at radius 3 is 2.71 bits per heavy atom. The smallest absolute Gasteiger partial charge is 0.305 e. The van der Waals surface area contributed by atoms with Gasteiger partial charge in [0.2, 0.25) is 5.91 Å². The van der Waals surface area contributed by atoms with Crippen molar-refractivity contribution in [1.82, 2.24) is 9.88 Å². The number of carboxylic acid groups (broad SMARTS) is 1. The Bertz CT molecular complexity index is 413. The third kappa shape index (κ3) is 3.90. The van der Waals surface area contributed by atoms with E-state index in [-0.39, 0.29) is 24.8 Å². The van der Waals surface area contributed by atoms with Gasteiger partial charge in [-0.3, -0.25) is 9.59 Å². The normalized spacial score (nSPS) is 12.2. The van der Waals surface area contributed by atoms with Crippen LogP contribution in [0, 0.1) is 6.92 Å². The van der Waals surface area contributed by atoms with Crippen molar-refractivity contribution in [2.45, 2.75) is 32.7 Å². The van der Waals surface area contributed by atoms with Crippen LogP contribution in [-0.4, -0.2) is 40.0 Å². The number of aromatic nitrogens is 1. The van der Waals surface area contributed by atoms with E-state index in [0.29, 0.717) is 11.6 Å². The van der Waals surface area contributed by atoms with Gasteiger partial charge in [0, 0.05) is 20.0 Å². The standard InChI is InChI=1S/C11H16N2O4/c1-7(4-11(15)16)13(3)10(14)5-9-6-17-8(2)12-9/h6-7H,4-5H2,1-3H3,(H,15,16). The molecule has 0 aliphatic carbocycles. The highest BCUT2D eigenvalue weighted by Crippen LogP contribution is 2.07. The van der Waals surface area contributed by atoms with E-state index in [0.717, 1.165) is 0 Å². The summed E-state index contributed by atoms with van der Waals surface area (Å²) >= 11 is 0. The lowest BCUT2D eigenvalue weighted by atomic mass is 10.2. The van der Waals surface area contributed by atoms with Gasteiger partial charge in [-0.05, 0) is 6.92 Å². The zero-order valence-corrected chi connectivity index (χ0v) is 10.1. The average molecular weight is 240 g/mol. The summed E-state index contributed by atoms with van der Waals surface area (Å²) in [6, 6.07) is -0.340. The van der Waals surface area contributed by atoms with Gasteiger partial charge in [0.25, 0.3) is 0 Å². The van der Waals surface area contributed by atoms with Gasteiger partial charge in [-0.15, -0.1) is 0 Å². The zero-order chi connectivity index (χ0) is 13.0. The number of oxazole rings is 1. The number of carboxylic acids is 1. The molecule has 0 saturated carbocycles. The van der Waals surface area contributed by atoms with Crippen LogP contribution in [0.2, 0.25) is 0 Å². The summed E-state index contributed by atoms with van der Waals surface area (Å²) in [7, 11) is 1.59. The van der Waals surface area contributed by atoms with Crippen molar-refractivity contribution in [2.75, 3.05) is 7.05 Å². The first-order valence-electron chi connectivity index (χ1n) is 5.28. The fourth-order valence-corrected chi connectivity index (χ4v) is 1.40. The minimum Gasteiger partial charge on any atom is -0.481 e. The molecule has 0 bridgehead atoms. The van der Waals surface area contributed by atoms with Crippen molar-refractivity contribution in [3.8, 4) is 0 Å². The minimum atomic E-state index is -0.922. The van der Waals surface area contributed by atoms with Crippen LogP contribution < -0.4 is 0 Å². The molecule has 0 fully saturated rings. The first-order chi connectivity index (χ1) is 7.90. The van der Waals surface area contributed by atoms with Crippen LogP contribution in [-0.2, 0) is 16.0 Å². The Labute approximate surface area is 99.2 Å². The van der Waals surface area contributed by atoms with Crippen molar-refractivity contribution in [3.63, 3.8) is 0 Å². The summed E-state index contributed by atoms with van der Waals surface area (Å²) < 4.78 is 4.99. The summed E-state index contributed by atoms with van der Waals surface area (Å²) in [5.41, 5.74) is 0.557. The Morgan fingerprint density at radius 2 is 2.24 bits per heavy atom. The predicted octanol–water partition coefficient (Wildman–Crippen LogP) is 0.847. The maximum atomic E-state index is 11.8. The van der Waals surface area contributed by atoms with Crippen LogP contribution in [0.5, 0.6) is 0 Å². The maximum Gasteiger partial charge on any atom is 0.305 e. The summed E-state index contributed by atoms with van der Waals surface area (Å²) in [4.78, 5) is 27.8. The summed E-state index contributed by atoms with van der Waals surface area (Å²) in [6.45, 7) is 3.39. The summed E-state index contributed by atoms with van der Waals surface area (Å²) in [5, 5.41) is 8.64. The van der Waals surface area contributed by atoms with Gasteiger partial charge in [0.05, 0.1) is 18.5 Å². The third-order valence-electron chi connectivity index (χ3n) is 2.52. The molecule has 94 valence electrons. The molecular formula is C11H16N2O4. The van der Waals surface area contributed by atoms with Gasteiger partial charge in [0.1, 0.15) is 6.26 Å². The third-order valence-corrected chi connectivity index (χ3v) is 2.52. The number of aliphatic carboxylic acids is 1. The van der Waals surface area contributed by atoms with E-state index in [2.05, 4.69) is 4.98 Å². The van der Waals surface area contributed by atoms with Crippen LogP contribution in [0.4, 0.5) is 0 Å². The quantitative estimate of drug-likeness (QED) is 0.824. The molecule has 0 saturated heterocycles. The average Bonchev–Trinajstić information content (AvgIpc) is 2.61. The van der Waals surface area contributed by atoms with E-state index in [9.17, 15) is 9.59 Å². The molecule has 1 atom stereocenters. The first kappa shape index (κ1) is 13.2. The first-order valence-corrected chi connectivity index (χ1v) is 5.28. The molecule has 1 N–H and O–H groups in total. The highest BCUT2D eigenvalue weighted by Gasteiger charge is 2.19. The van der Waals surface area contributed by atoms with Crippen molar-refractivity contribution in [2.24, 2.45) is 0 Å². The Hall–Kier alpha value is -1.85. The molecule has 1 heterocycles. The molecule has 0 radical (unpaired) electrons. The minimum absolute atomic E-state index is 0.0694. The monoisotopic (exact) mass is 240 g/mol. The molecular weight excluding hydrogens is 224 g/mol. The van der Waals surface area contributed by atoms with Gasteiger partial charge < -0.3 is 14.4 Å². The Kier molecular flexibility index (Phi) is 4.25. The van der Waals surface area contributed by atoms with Gasteiger partial charge >= 0.3 is 5.97 Å². The number of carbonyl (C=O) groups is 2. The number of aryl methyl sites for hydroxylation is 1. The molecule has 6 heteroatoms. The summed E-state index contributed by atoms with van der Waals surface area (Å²) in [5.74, 6) is -0.587. The van der Waals surface area contributed by atoms with Gasteiger partial charge in [-0.25, -0.2) is 4.98 Å². The topological polar surface area (TPSA) is 83.6 Å². The van der Waals surface area contributed by atoms with Gasteiger partial charge in [-0.2, -0.15) is 0 Å². The van der Waals surface area contributed by atoms with E-state index >= 15 is 0 Å². The number of nitrogens with zero attached hydrogens (tertiary/aromatic N) is 2. The van der Waals surface area contributed by atoms with E-state index in [4.69, 9.17) is 9.52 Å². The molecule has 1 aromatic heterocycles. The SMILES string of the molecule is Cc1nc(CC(=O)N(C)C(C)CC(=O)O)co1. The number of carbonyl (C=O) groups excluding carboxylic acids is 1. The maximum absolute atomic E-state index is 11.8. The highest BCUT2D eigenvalue weighted by molar-refractivity contribution is 5.79. The van der Waals surface area contributed by atoms with E-state index < -0.39 is 5.97 Å². The highest BCUT2D eigenvalue weighted by atomic mass is 16.4. The Morgan fingerprint density at radius 1 is 1.59 bits per heavy atom. The van der Waals surface area contributed by atoms with Gasteiger partial charge in [0.15, 0.2) is 5.89 Å². The van der Waals surface area contributed by atoms with Crippen LogP contribution in [0.3, 0.4) is 0 Å². The molecule has 1 unspecified atom stereocenters. The van der Waals surface area contributed by atoms with Gasteiger partial charge in [-0.1, -0.05) is 0 Å². The van der Waals surface area contributed by atoms with E-state index in [1.807, 2.05) is 0 Å². The van der Waals surface area contributed by atoms with Crippen molar-refractivity contribution in [3.05, 3.63) is 17.8 Å². The number of likely N-dealkylation sites (N-methyl/N-ethyl adjacent to an activating group) is 1. The van der Waals surface area contributed by atoms with Crippen LogP contribution in [0.25, 0.3) is 0 Å². The fraction of sp³-hybridized carbons (Fsp3) is 0.545. The lowest BCUT2D eigenvalue weighted by Gasteiger charge is -2.23. The van der Waals surface area contributed by atoms with Crippen molar-refractivity contribution < 1.29 is 19.1 Å². The second kappa shape index (κ2) is 5.47. The predicted molar refractivity (Wildman–Crippen MR) is 59.4 cm³/mol. The lowest BCUT2D eigenvalue weighted by molar-refractivity contribution is -0.139. The molecule has 0 aliphatic rings. The largest absolute Gasteiger partial charge is 0.481 e. The second-order valence-electron chi connectivity index (χ2n) is 3.99. The van der Waals surface area contributed by atoms with Crippen molar-refractivity contribution >= 4 is 11.9 Å². The van der Waals surface area contributed by atoms with E-state index in [1.165, 1.54) is 11.2 Å². The molecule has 0 aromatic carbocycles. The molecule has 1 aromatic rings. The van der Waals surface area contributed by atoms with Crippen LogP contribution in [0.1, 0.15) is 24.9 Å². The molecule has 1 amide bonds. The molecule has 6 nitrogen and oxygen atoms in total. The van der Waals surface area contributed by atoms with Crippen LogP contribution >= 0.6 is 0 Å². The lowest BCUT2D eigenvalue weighted by Crippen LogP contribution is -2.37. The fourth-order valence-electron chi connectivity index (χ4n) is 1.40. The van der Waals surface area contributed by atoms with Crippen LogP contribution in [0.15, 0.2) is 10.7 Å². The molecule has 0 spiro atoms.